The van der Waals surface area contributed by atoms with Gasteiger partial charge in [0.2, 0.25) is 0 Å². The Labute approximate surface area is 95.7 Å². The molecule has 0 aliphatic rings. The second-order valence-electron chi connectivity index (χ2n) is 3.68. The molecule has 0 saturated carbocycles. The van der Waals surface area contributed by atoms with Crippen molar-refractivity contribution in [2.24, 2.45) is 0 Å². The standard InChI is InChI=1S/C14H15NO/c1-2-11-5-3-7-13(9-11)16-14-8-4-6-12(15)10-14/h3-10H,2,15H2,1H3. The quantitative estimate of drug-likeness (QED) is 0.790. The molecule has 0 spiro atoms. The SMILES string of the molecule is CCc1cccc(Oc2cccc(N)c2)c1. The van der Waals surface area contributed by atoms with Gasteiger partial charge in [0.1, 0.15) is 11.5 Å². The average molecular weight is 213 g/mol. The lowest BCUT2D eigenvalue weighted by atomic mass is 10.2. The van der Waals surface area contributed by atoms with Crippen molar-refractivity contribution in [2.75, 3.05) is 5.73 Å². The van der Waals surface area contributed by atoms with E-state index in [0.717, 1.165) is 17.9 Å². The molecule has 82 valence electrons. The number of rotatable bonds is 3. The minimum absolute atomic E-state index is 0.712. The van der Waals surface area contributed by atoms with Gasteiger partial charge in [0.05, 0.1) is 0 Å². The molecular weight excluding hydrogens is 198 g/mol. The first-order chi connectivity index (χ1) is 7.78. The predicted octanol–water partition coefficient (Wildman–Crippen LogP) is 3.62. The molecule has 0 saturated heterocycles. The first-order valence-electron chi connectivity index (χ1n) is 5.40. The van der Waals surface area contributed by atoms with Crippen LogP contribution < -0.4 is 10.5 Å². The third-order valence-electron chi connectivity index (χ3n) is 2.40. The van der Waals surface area contributed by atoms with Gasteiger partial charge in [0, 0.05) is 11.8 Å². The van der Waals surface area contributed by atoms with E-state index in [-0.39, 0.29) is 0 Å². The highest BCUT2D eigenvalue weighted by atomic mass is 16.5. The van der Waals surface area contributed by atoms with E-state index in [2.05, 4.69) is 13.0 Å². The number of aryl methyl sites for hydroxylation is 1. The van der Waals surface area contributed by atoms with Crippen LogP contribution in [0.25, 0.3) is 0 Å². The van der Waals surface area contributed by atoms with Crippen LogP contribution in [-0.2, 0) is 6.42 Å². The van der Waals surface area contributed by atoms with Gasteiger partial charge in [-0.15, -0.1) is 0 Å². The largest absolute Gasteiger partial charge is 0.457 e. The van der Waals surface area contributed by atoms with Crippen LogP contribution in [0.2, 0.25) is 0 Å². The summed E-state index contributed by atoms with van der Waals surface area (Å²) in [6, 6.07) is 15.5. The van der Waals surface area contributed by atoms with Crippen molar-refractivity contribution >= 4 is 5.69 Å². The Morgan fingerprint density at radius 3 is 2.38 bits per heavy atom. The molecule has 0 bridgehead atoms. The second-order valence-corrected chi connectivity index (χ2v) is 3.68. The lowest BCUT2D eigenvalue weighted by molar-refractivity contribution is 0.482. The minimum atomic E-state index is 0.712. The maximum atomic E-state index is 5.72. The summed E-state index contributed by atoms with van der Waals surface area (Å²) >= 11 is 0. The van der Waals surface area contributed by atoms with Crippen molar-refractivity contribution in [3.8, 4) is 11.5 Å². The van der Waals surface area contributed by atoms with Crippen LogP contribution >= 0.6 is 0 Å². The predicted molar refractivity (Wildman–Crippen MR) is 66.7 cm³/mol. The fraction of sp³-hybridized carbons (Fsp3) is 0.143. The topological polar surface area (TPSA) is 35.2 Å². The fourth-order valence-electron chi connectivity index (χ4n) is 1.54. The summed E-state index contributed by atoms with van der Waals surface area (Å²) in [7, 11) is 0. The van der Waals surface area contributed by atoms with E-state index in [1.165, 1.54) is 5.56 Å². The van der Waals surface area contributed by atoms with Crippen molar-refractivity contribution in [2.45, 2.75) is 13.3 Å². The zero-order chi connectivity index (χ0) is 11.4. The molecular formula is C14H15NO. The second kappa shape index (κ2) is 4.71. The van der Waals surface area contributed by atoms with Crippen molar-refractivity contribution in [3.05, 3.63) is 54.1 Å². The van der Waals surface area contributed by atoms with Crippen molar-refractivity contribution in [3.63, 3.8) is 0 Å². The van der Waals surface area contributed by atoms with Gasteiger partial charge in [-0.1, -0.05) is 25.1 Å². The number of nitrogen functional groups attached to an aromatic ring is 1. The molecule has 0 fully saturated rings. The molecule has 2 rings (SSSR count). The van der Waals surface area contributed by atoms with Crippen LogP contribution in [0.4, 0.5) is 5.69 Å². The highest BCUT2D eigenvalue weighted by Gasteiger charge is 1.98. The van der Waals surface area contributed by atoms with Crippen LogP contribution in [0.5, 0.6) is 11.5 Å². The maximum absolute atomic E-state index is 5.72. The first-order valence-corrected chi connectivity index (χ1v) is 5.40. The van der Waals surface area contributed by atoms with Gasteiger partial charge in [0.25, 0.3) is 0 Å². The highest BCUT2D eigenvalue weighted by Crippen LogP contribution is 2.23. The summed E-state index contributed by atoms with van der Waals surface area (Å²) in [6.07, 6.45) is 1.01. The van der Waals surface area contributed by atoms with Gasteiger partial charge >= 0.3 is 0 Å². The van der Waals surface area contributed by atoms with Crippen LogP contribution in [0.15, 0.2) is 48.5 Å². The Balaban J connectivity index is 2.20. The first kappa shape index (κ1) is 10.6. The van der Waals surface area contributed by atoms with E-state index < -0.39 is 0 Å². The Bertz CT molecular complexity index is 480. The summed E-state index contributed by atoms with van der Waals surface area (Å²) in [5.41, 5.74) is 7.67. The lowest BCUT2D eigenvalue weighted by Gasteiger charge is -2.07. The van der Waals surface area contributed by atoms with Gasteiger partial charge in [-0.05, 0) is 36.2 Å². The Kier molecular flexibility index (Phi) is 3.10. The van der Waals surface area contributed by atoms with Crippen molar-refractivity contribution in [1.29, 1.82) is 0 Å². The third-order valence-corrected chi connectivity index (χ3v) is 2.40. The zero-order valence-electron chi connectivity index (χ0n) is 9.31. The molecule has 0 heterocycles. The number of hydrogen-bond acceptors (Lipinski definition) is 2. The molecule has 0 atom stereocenters. The van der Waals surface area contributed by atoms with Gasteiger partial charge in [-0.3, -0.25) is 0 Å². The molecule has 2 heteroatoms. The van der Waals surface area contributed by atoms with Gasteiger partial charge in [-0.2, -0.15) is 0 Å². The molecule has 2 aromatic rings. The van der Waals surface area contributed by atoms with Crippen molar-refractivity contribution in [1.82, 2.24) is 0 Å². The monoisotopic (exact) mass is 213 g/mol. The smallest absolute Gasteiger partial charge is 0.129 e. The van der Waals surface area contributed by atoms with Crippen LogP contribution in [-0.4, -0.2) is 0 Å². The molecule has 0 aliphatic heterocycles. The number of hydrogen-bond donors (Lipinski definition) is 1. The Morgan fingerprint density at radius 1 is 1.00 bits per heavy atom. The number of anilines is 1. The fourth-order valence-corrected chi connectivity index (χ4v) is 1.54. The maximum Gasteiger partial charge on any atom is 0.129 e. The Hall–Kier alpha value is -1.96. The van der Waals surface area contributed by atoms with E-state index in [9.17, 15) is 0 Å². The molecule has 0 unspecified atom stereocenters. The Morgan fingerprint density at radius 2 is 1.69 bits per heavy atom. The van der Waals surface area contributed by atoms with Crippen LogP contribution in [0, 0.1) is 0 Å². The summed E-state index contributed by atoms with van der Waals surface area (Å²) in [5.74, 6) is 1.62. The van der Waals surface area contributed by atoms with Crippen LogP contribution in [0.1, 0.15) is 12.5 Å². The number of ether oxygens (including phenoxy) is 1. The molecule has 16 heavy (non-hydrogen) atoms. The molecule has 2 N–H and O–H groups in total. The molecule has 0 amide bonds. The summed E-state index contributed by atoms with van der Waals surface area (Å²) in [4.78, 5) is 0. The van der Waals surface area contributed by atoms with E-state index in [1.54, 1.807) is 0 Å². The lowest BCUT2D eigenvalue weighted by Crippen LogP contribution is -1.88. The van der Waals surface area contributed by atoms with E-state index >= 15 is 0 Å². The minimum Gasteiger partial charge on any atom is -0.457 e. The third kappa shape index (κ3) is 2.54. The molecule has 0 radical (unpaired) electrons. The van der Waals surface area contributed by atoms with Crippen LogP contribution in [0.3, 0.4) is 0 Å². The number of benzene rings is 2. The molecule has 2 aromatic carbocycles. The number of nitrogens with two attached hydrogens (primary N) is 1. The summed E-state index contributed by atoms with van der Waals surface area (Å²) in [6.45, 7) is 2.12. The van der Waals surface area contributed by atoms with Gasteiger partial charge in [-0.25, -0.2) is 0 Å². The van der Waals surface area contributed by atoms with Crippen molar-refractivity contribution < 1.29 is 4.74 Å². The molecule has 2 nitrogen and oxygen atoms in total. The normalized spacial score (nSPS) is 10.1. The zero-order valence-corrected chi connectivity index (χ0v) is 9.31. The average Bonchev–Trinajstić information content (AvgIpc) is 2.29. The van der Waals surface area contributed by atoms with Gasteiger partial charge in [0.15, 0.2) is 0 Å². The summed E-state index contributed by atoms with van der Waals surface area (Å²) < 4.78 is 5.72. The molecule has 0 aliphatic carbocycles. The highest BCUT2D eigenvalue weighted by molar-refractivity contribution is 5.45. The van der Waals surface area contributed by atoms with Gasteiger partial charge < -0.3 is 10.5 Å². The molecule has 0 aromatic heterocycles. The van der Waals surface area contributed by atoms with E-state index in [4.69, 9.17) is 10.5 Å². The summed E-state index contributed by atoms with van der Waals surface area (Å²) in [5, 5.41) is 0. The van der Waals surface area contributed by atoms with E-state index in [1.807, 2.05) is 42.5 Å². The van der Waals surface area contributed by atoms with E-state index in [0.29, 0.717) is 5.69 Å².